The van der Waals surface area contributed by atoms with E-state index in [1.807, 2.05) is 35.4 Å². The Kier molecular flexibility index (Phi) is 12.7. The molecule has 2 aromatic carbocycles. The smallest absolute Gasteiger partial charge is 0.257 e. The van der Waals surface area contributed by atoms with Crippen LogP contribution in [0, 0.1) is 24.4 Å². The molecule has 0 unspecified atom stereocenters. The minimum atomic E-state index is -0.577. The Morgan fingerprint density at radius 2 is 1.73 bits per heavy atom. The molecule has 2 fully saturated rings. The van der Waals surface area contributed by atoms with E-state index in [1.165, 1.54) is 29.0 Å². The quantitative estimate of drug-likeness (QED) is 0.118. The average Bonchev–Trinajstić information content (AvgIpc) is 3.92. The summed E-state index contributed by atoms with van der Waals surface area (Å²) < 4.78 is 51.5. The van der Waals surface area contributed by atoms with Crippen molar-refractivity contribution in [2.24, 2.45) is 7.05 Å². The molecular formula is C52H56F3N11O4. The Morgan fingerprint density at radius 3 is 2.46 bits per heavy atom. The molecule has 364 valence electrons. The van der Waals surface area contributed by atoms with Crippen molar-refractivity contribution in [1.82, 2.24) is 43.9 Å². The first-order valence-electron chi connectivity index (χ1n) is 24.0. The van der Waals surface area contributed by atoms with Gasteiger partial charge < -0.3 is 20.1 Å². The number of rotatable bonds is 11. The number of pyridine rings is 2. The van der Waals surface area contributed by atoms with E-state index in [0.29, 0.717) is 91.4 Å². The van der Waals surface area contributed by atoms with E-state index in [1.54, 1.807) is 42.4 Å². The Hall–Kier alpha value is -7.05. The SMILES string of the molecule is CNc1cc(=O)n(-c2ccnc3c2cc([C@H](C)N2CC=C(c4c(C)cc(C(=O)N5CCn6nc(CN7CCC(c8ccc(N[C@@H]9CCC(=O)NC9=O)cc8F)CC7)cc6C5)cc4F)CC2)n3C)cc1F. The fraction of sp³-hybridized carbons (Fsp3) is 0.385. The first kappa shape index (κ1) is 46.7. The summed E-state index contributed by atoms with van der Waals surface area (Å²) >= 11 is 0. The monoisotopic (exact) mass is 955 g/mol. The fourth-order valence-electron chi connectivity index (χ4n) is 10.8. The maximum absolute atomic E-state index is 16.2. The highest BCUT2D eigenvalue weighted by molar-refractivity contribution is 6.01. The van der Waals surface area contributed by atoms with Gasteiger partial charge >= 0.3 is 0 Å². The lowest BCUT2D eigenvalue weighted by Gasteiger charge is -2.32. The number of nitrogens with one attached hydrogen (secondary N) is 3. The molecule has 15 nitrogen and oxygen atoms in total. The predicted octanol–water partition coefficient (Wildman–Crippen LogP) is 6.79. The molecule has 0 aliphatic carbocycles. The van der Waals surface area contributed by atoms with Gasteiger partial charge in [0, 0.05) is 92.9 Å². The Balaban J connectivity index is 0.744. The van der Waals surface area contributed by atoms with Crippen LogP contribution in [-0.4, -0.2) is 102 Å². The second-order valence-corrected chi connectivity index (χ2v) is 19.0. The second-order valence-electron chi connectivity index (χ2n) is 19.0. The third kappa shape index (κ3) is 9.01. The van der Waals surface area contributed by atoms with Crippen LogP contribution in [-0.2, 0) is 36.3 Å². The second kappa shape index (κ2) is 19.0. The number of hydrogen-bond acceptors (Lipinski definition) is 10. The van der Waals surface area contributed by atoms with Gasteiger partial charge in [0.15, 0.2) is 5.82 Å². The molecule has 2 saturated heterocycles. The van der Waals surface area contributed by atoms with Crippen LogP contribution >= 0.6 is 0 Å². The number of anilines is 2. The summed E-state index contributed by atoms with van der Waals surface area (Å²) in [6.45, 7) is 8.70. The van der Waals surface area contributed by atoms with E-state index in [4.69, 9.17) is 5.10 Å². The van der Waals surface area contributed by atoms with Gasteiger partial charge in [-0.2, -0.15) is 5.10 Å². The van der Waals surface area contributed by atoms with Crippen LogP contribution in [0.3, 0.4) is 0 Å². The summed E-state index contributed by atoms with van der Waals surface area (Å²) in [5, 5.41) is 13.7. The van der Waals surface area contributed by atoms with Crippen molar-refractivity contribution in [3.05, 3.63) is 140 Å². The number of carbonyl (C=O) groups excluding carboxylic acids is 3. The van der Waals surface area contributed by atoms with Gasteiger partial charge in [-0.3, -0.25) is 43.5 Å². The topological polar surface area (TPSA) is 155 Å². The lowest BCUT2D eigenvalue weighted by atomic mass is 9.89. The minimum absolute atomic E-state index is 0.0616. The van der Waals surface area contributed by atoms with Crippen LogP contribution in [0.25, 0.3) is 22.3 Å². The number of halogens is 3. The molecule has 0 bridgehead atoms. The zero-order valence-corrected chi connectivity index (χ0v) is 39.7. The van der Waals surface area contributed by atoms with Crippen molar-refractivity contribution in [1.29, 1.82) is 0 Å². The summed E-state index contributed by atoms with van der Waals surface area (Å²) in [5.41, 5.74) is 7.35. The van der Waals surface area contributed by atoms with Gasteiger partial charge in [-0.05, 0) is 118 Å². The summed E-state index contributed by atoms with van der Waals surface area (Å²) in [5.74, 6) is -2.14. The number of amides is 3. The van der Waals surface area contributed by atoms with Crippen molar-refractivity contribution in [3.8, 4) is 5.69 Å². The van der Waals surface area contributed by atoms with E-state index in [-0.39, 0.29) is 47.3 Å². The Labute approximate surface area is 402 Å². The number of piperidine rings is 2. The van der Waals surface area contributed by atoms with Gasteiger partial charge in [0.2, 0.25) is 11.8 Å². The number of benzene rings is 2. The molecule has 0 saturated carbocycles. The highest BCUT2D eigenvalue weighted by Crippen LogP contribution is 2.36. The van der Waals surface area contributed by atoms with Crippen molar-refractivity contribution in [3.63, 3.8) is 0 Å². The minimum Gasteiger partial charge on any atom is -0.386 e. The zero-order chi connectivity index (χ0) is 49.0. The maximum Gasteiger partial charge on any atom is 0.257 e. The molecule has 0 radical (unpaired) electrons. The van der Waals surface area contributed by atoms with E-state index in [2.05, 4.69) is 43.7 Å². The summed E-state index contributed by atoms with van der Waals surface area (Å²) in [7, 11) is 3.49. The normalized spacial score (nSPS) is 18.7. The molecule has 3 amide bonds. The summed E-state index contributed by atoms with van der Waals surface area (Å²) in [6.07, 6.45) is 7.64. The number of hydrogen-bond donors (Lipinski definition) is 3. The third-order valence-electron chi connectivity index (χ3n) is 14.7. The number of fused-ring (bicyclic) bond motifs is 2. The maximum atomic E-state index is 16.2. The van der Waals surface area contributed by atoms with E-state index >= 15 is 8.78 Å². The van der Waals surface area contributed by atoms with E-state index < -0.39 is 23.6 Å². The molecular weight excluding hydrogens is 900 g/mol. The number of imide groups is 1. The Morgan fingerprint density at radius 1 is 0.914 bits per heavy atom. The van der Waals surface area contributed by atoms with Crippen LogP contribution in [0.4, 0.5) is 24.5 Å². The first-order chi connectivity index (χ1) is 33.7. The van der Waals surface area contributed by atoms with Gasteiger partial charge in [-0.15, -0.1) is 0 Å². The molecule has 4 aliphatic rings. The number of carbonyl (C=O) groups is 3. The summed E-state index contributed by atoms with van der Waals surface area (Å²) in [4.78, 5) is 61.6. The van der Waals surface area contributed by atoms with Crippen molar-refractivity contribution < 1.29 is 27.6 Å². The Bertz CT molecular complexity index is 3130. The molecule has 3 N–H and O–H groups in total. The van der Waals surface area contributed by atoms with Crippen molar-refractivity contribution in [2.45, 2.75) is 83.6 Å². The molecule has 0 spiro atoms. The van der Waals surface area contributed by atoms with Crippen LogP contribution < -0.4 is 21.5 Å². The van der Waals surface area contributed by atoms with Crippen LogP contribution in [0.15, 0.2) is 77.9 Å². The van der Waals surface area contributed by atoms with Gasteiger partial charge in [-0.25, -0.2) is 18.2 Å². The predicted molar refractivity (Wildman–Crippen MR) is 260 cm³/mol. The molecule has 4 aliphatic heterocycles. The lowest BCUT2D eigenvalue weighted by molar-refractivity contribution is -0.133. The number of aromatic nitrogens is 5. The van der Waals surface area contributed by atoms with E-state index in [9.17, 15) is 23.6 Å². The van der Waals surface area contributed by atoms with Crippen molar-refractivity contribution >= 4 is 45.7 Å². The highest BCUT2D eigenvalue weighted by atomic mass is 19.1. The van der Waals surface area contributed by atoms with Gasteiger partial charge in [0.25, 0.3) is 11.5 Å². The van der Waals surface area contributed by atoms with Crippen LogP contribution in [0.5, 0.6) is 0 Å². The van der Waals surface area contributed by atoms with Gasteiger partial charge in [0.1, 0.15) is 23.3 Å². The molecule has 70 heavy (non-hydrogen) atoms. The molecule has 4 aromatic heterocycles. The van der Waals surface area contributed by atoms with E-state index in [0.717, 1.165) is 54.0 Å². The zero-order valence-electron chi connectivity index (χ0n) is 39.7. The average molecular weight is 956 g/mol. The number of nitrogens with zero attached hydrogens (tertiary/aromatic N) is 8. The van der Waals surface area contributed by atoms with Gasteiger partial charge in [-0.1, -0.05) is 12.1 Å². The molecule has 18 heteroatoms. The largest absolute Gasteiger partial charge is 0.386 e. The molecule has 8 heterocycles. The van der Waals surface area contributed by atoms with Gasteiger partial charge in [0.05, 0.1) is 42.0 Å². The van der Waals surface area contributed by atoms with Crippen LogP contribution in [0.1, 0.15) is 95.1 Å². The standard InChI is InChI=1S/C52H56F3N11O4/c1-30-21-34(22-41(54)49(30)33-12-17-63(18-13-33)31(2)46-25-39-45(9-14-57-50(39)61(46)4)65-29-42(55)44(56-3)26-48(65)68)52(70)64-19-20-66-37(28-64)23-36(60-66)27-62-15-10-32(11-16-62)38-6-5-35(24-40(38)53)58-43-7-8-47(67)59-51(43)69/h5-6,9,12,14,21-26,29,31-32,43,56,58H,7-8,10-11,13,15-20,27-28H2,1-4H3,(H,59,67,69)/t31-,43+/m0/s1. The third-order valence-corrected chi connectivity index (χ3v) is 14.7. The molecule has 2 atom stereocenters. The van der Waals surface area contributed by atoms with Crippen molar-refractivity contribution in [2.75, 3.05) is 50.4 Å². The van der Waals surface area contributed by atoms with Crippen LogP contribution in [0.2, 0.25) is 0 Å². The first-order valence-corrected chi connectivity index (χ1v) is 24.0. The highest BCUT2D eigenvalue weighted by Gasteiger charge is 2.31. The lowest BCUT2D eigenvalue weighted by Crippen LogP contribution is -2.47. The molecule has 6 aromatic rings. The summed E-state index contributed by atoms with van der Waals surface area (Å²) in [6, 6.07) is 14.5. The number of aryl methyl sites for hydroxylation is 2. The fourth-order valence-corrected chi connectivity index (χ4v) is 10.8. The number of likely N-dealkylation sites (tertiary alicyclic amines) is 1. The molecule has 10 rings (SSSR count).